The molecule has 0 bridgehead atoms. The van der Waals surface area contributed by atoms with Gasteiger partial charge in [-0.05, 0) is 22.5 Å². The van der Waals surface area contributed by atoms with E-state index in [-0.39, 0.29) is 31.6 Å². The summed E-state index contributed by atoms with van der Waals surface area (Å²) in [5.41, 5.74) is 1.73. The third kappa shape index (κ3) is 6.07. The molecule has 1 atom stereocenters. The molecule has 1 amide bonds. The van der Waals surface area contributed by atoms with E-state index in [2.05, 4.69) is 31.3 Å². The fourth-order valence-electron chi connectivity index (χ4n) is 3.42. The van der Waals surface area contributed by atoms with Gasteiger partial charge in [0.15, 0.2) is 0 Å². The number of rotatable bonds is 7. The number of carbonyl (C=O) groups is 2. The molecule has 11 heteroatoms. The van der Waals surface area contributed by atoms with Gasteiger partial charge in [0.05, 0.1) is 18.1 Å². The topological polar surface area (TPSA) is 121 Å². The lowest BCUT2D eigenvalue weighted by Gasteiger charge is -2.16. The molecule has 3 aromatic rings. The Morgan fingerprint density at radius 3 is 2.88 bits per heavy atom. The number of nitrogens with zero attached hydrogens (tertiary/aromatic N) is 4. The zero-order valence-corrected chi connectivity index (χ0v) is 19.2. The minimum atomic E-state index is -0.425. The van der Waals surface area contributed by atoms with Crippen LogP contribution in [0.5, 0.6) is 0 Å². The lowest BCUT2D eigenvalue weighted by Crippen LogP contribution is -2.34. The van der Waals surface area contributed by atoms with E-state index in [9.17, 15) is 14.8 Å². The van der Waals surface area contributed by atoms with Crippen molar-refractivity contribution in [1.29, 1.82) is 0 Å². The maximum atomic E-state index is 12.2. The summed E-state index contributed by atoms with van der Waals surface area (Å²) < 4.78 is 11.5. The van der Waals surface area contributed by atoms with Crippen LogP contribution in [-0.2, 0) is 20.9 Å². The van der Waals surface area contributed by atoms with Gasteiger partial charge in [0, 0.05) is 30.0 Å². The van der Waals surface area contributed by atoms with Gasteiger partial charge in [0.25, 0.3) is 11.5 Å². The second-order valence-corrected chi connectivity index (χ2v) is 8.42. The summed E-state index contributed by atoms with van der Waals surface area (Å²) in [6.07, 6.45) is -0.180. The first kappa shape index (κ1) is 22.7. The van der Waals surface area contributed by atoms with Crippen molar-refractivity contribution in [3.63, 3.8) is 0 Å². The molecule has 0 aliphatic carbocycles. The monoisotopic (exact) mass is 515 g/mol. The molecule has 1 aliphatic heterocycles. The molecule has 1 aromatic heterocycles. The number of halogens is 1. The van der Waals surface area contributed by atoms with Gasteiger partial charge in [-0.25, -0.2) is 9.78 Å². The van der Waals surface area contributed by atoms with Crippen LogP contribution < -0.4 is 10.2 Å². The second kappa shape index (κ2) is 10.4. The molecule has 0 spiro atoms. The number of anilines is 1. The van der Waals surface area contributed by atoms with Crippen molar-refractivity contribution in [3.05, 3.63) is 63.8 Å². The minimum absolute atomic E-state index is 0.0650. The average Bonchev–Trinajstić information content (AvgIpc) is 3.27. The summed E-state index contributed by atoms with van der Waals surface area (Å²) in [4.78, 5) is 30.7. The summed E-state index contributed by atoms with van der Waals surface area (Å²) in [5.74, 6) is -0.285. The van der Waals surface area contributed by atoms with Crippen molar-refractivity contribution < 1.29 is 23.9 Å². The fraction of sp³-hybridized carbons (Fsp3) is 0.318. The number of esters is 1. The molecule has 1 fully saturated rings. The van der Waals surface area contributed by atoms with Crippen LogP contribution in [0.15, 0.2) is 53.0 Å². The molecule has 2 heterocycles. The van der Waals surface area contributed by atoms with Gasteiger partial charge >= 0.3 is 12.1 Å². The molecular weight excluding hydrogens is 494 g/mol. The number of hydrogen-bond donors (Lipinski definition) is 1. The highest BCUT2D eigenvalue weighted by atomic mass is 79.9. The van der Waals surface area contributed by atoms with Crippen LogP contribution in [0, 0.1) is 5.21 Å². The van der Waals surface area contributed by atoms with Crippen LogP contribution in [0.1, 0.15) is 18.4 Å². The minimum Gasteiger partial charge on any atom is -0.594 e. The Morgan fingerprint density at radius 2 is 2.06 bits per heavy atom. The van der Waals surface area contributed by atoms with E-state index in [4.69, 9.17) is 9.47 Å². The van der Waals surface area contributed by atoms with Crippen LogP contribution >= 0.6 is 15.9 Å². The molecule has 0 saturated carbocycles. The van der Waals surface area contributed by atoms with E-state index in [1.165, 1.54) is 4.90 Å². The molecule has 0 unspecified atom stereocenters. The van der Waals surface area contributed by atoms with Crippen molar-refractivity contribution in [2.45, 2.75) is 25.6 Å². The summed E-state index contributed by atoms with van der Waals surface area (Å²) >= 11 is 3.30. The summed E-state index contributed by atoms with van der Waals surface area (Å²) in [6.45, 7) is 1.17. The maximum absolute atomic E-state index is 12.2. The van der Waals surface area contributed by atoms with Gasteiger partial charge in [0.1, 0.15) is 18.2 Å². The molecule has 10 nitrogen and oxygen atoms in total. The third-order valence-corrected chi connectivity index (χ3v) is 5.57. The van der Waals surface area contributed by atoms with Gasteiger partial charge in [-0.3, -0.25) is 4.79 Å². The molecule has 33 heavy (non-hydrogen) atoms. The fourth-order valence-corrected chi connectivity index (χ4v) is 3.77. The zero-order valence-electron chi connectivity index (χ0n) is 17.6. The van der Waals surface area contributed by atoms with E-state index in [0.29, 0.717) is 35.4 Å². The second-order valence-electron chi connectivity index (χ2n) is 7.50. The number of fused-ring (bicyclic) bond motifs is 1. The first-order chi connectivity index (χ1) is 16.0. The van der Waals surface area contributed by atoms with Crippen LogP contribution in [0.4, 0.5) is 10.7 Å². The van der Waals surface area contributed by atoms with E-state index in [1.54, 1.807) is 18.2 Å². The number of carbonyl (C=O) groups excluding carboxylic acids is 2. The van der Waals surface area contributed by atoms with Gasteiger partial charge in [-0.2, -0.15) is 0 Å². The van der Waals surface area contributed by atoms with Crippen LogP contribution in [0.2, 0.25) is 0 Å². The SMILES string of the molecule is O=C(CCNc1nc2ccc(Br)cc2[n+]([O-])n1)O[C@@H]1CCN(C(=O)OCc2ccccc2)C1. The van der Waals surface area contributed by atoms with Crippen LogP contribution in [0.3, 0.4) is 0 Å². The van der Waals surface area contributed by atoms with Gasteiger partial charge in [-0.1, -0.05) is 46.3 Å². The number of aromatic nitrogens is 3. The Morgan fingerprint density at radius 1 is 1.24 bits per heavy atom. The standard InChI is InChI=1S/C22H22BrN5O5/c23-16-6-7-18-19(12-16)28(31)26-21(25-18)24-10-8-20(29)33-17-9-11-27(13-17)22(30)32-14-15-4-2-1-3-5-15/h1-7,12,17H,8-11,13-14H2,(H,24,25,26)/t17-/m1/s1. The van der Waals surface area contributed by atoms with Gasteiger partial charge < -0.3 is 24.9 Å². The molecule has 2 aromatic carbocycles. The maximum Gasteiger partial charge on any atom is 0.410 e. The van der Waals surface area contributed by atoms with E-state index < -0.39 is 12.1 Å². The number of ether oxygens (including phenoxy) is 2. The molecule has 1 saturated heterocycles. The van der Waals surface area contributed by atoms with Crippen molar-refractivity contribution in [2.75, 3.05) is 25.0 Å². The molecule has 1 N–H and O–H groups in total. The summed E-state index contributed by atoms with van der Waals surface area (Å²) in [7, 11) is 0. The molecular formula is C22H22BrN5O5. The highest BCUT2D eigenvalue weighted by molar-refractivity contribution is 9.10. The van der Waals surface area contributed by atoms with Gasteiger partial charge in [0.2, 0.25) is 0 Å². The lowest BCUT2D eigenvalue weighted by molar-refractivity contribution is -0.641. The van der Waals surface area contributed by atoms with Crippen molar-refractivity contribution in [1.82, 2.24) is 15.0 Å². The van der Waals surface area contributed by atoms with Crippen LogP contribution in [0.25, 0.3) is 11.0 Å². The molecule has 4 rings (SSSR count). The molecule has 172 valence electrons. The predicted octanol–water partition coefficient (Wildman–Crippen LogP) is 2.78. The number of likely N-dealkylation sites (tertiary alicyclic amines) is 1. The van der Waals surface area contributed by atoms with E-state index >= 15 is 0 Å². The first-order valence-corrected chi connectivity index (χ1v) is 11.2. The Hall–Kier alpha value is -3.47. The Labute approximate surface area is 198 Å². The third-order valence-electron chi connectivity index (χ3n) is 5.07. The predicted molar refractivity (Wildman–Crippen MR) is 122 cm³/mol. The Balaban J connectivity index is 1.19. The number of benzene rings is 2. The van der Waals surface area contributed by atoms with Crippen molar-refractivity contribution in [2.24, 2.45) is 0 Å². The Kier molecular flexibility index (Phi) is 7.18. The quantitative estimate of drug-likeness (QED) is 0.289. The average molecular weight is 516 g/mol. The largest absolute Gasteiger partial charge is 0.594 e. The van der Waals surface area contributed by atoms with E-state index in [1.807, 2.05) is 30.3 Å². The first-order valence-electron chi connectivity index (χ1n) is 10.4. The van der Waals surface area contributed by atoms with Crippen molar-refractivity contribution >= 4 is 45.0 Å². The summed E-state index contributed by atoms with van der Waals surface area (Å²) in [5, 5.41) is 18.7. The lowest BCUT2D eigenvalue weighted by atomic mass is 10.2. The van der Waals surface area contributed by atoms with Crippen molar-refractivity contribution in [3.8, 4) is 0 Å². The number of hydrogen-bond acceptors (Lipinski definition) is 8. The highest BCUT2D eigenvalue weighted by Gasteiger charge is 2.29. The number of nitrogens with one attached hydrogen (secondary N) is 1. The van der Waals surface area contributed by atoms with Gasteiger partial charge in [-0.15, -0.1) is 0 Å². The zero-order chi connectivity index (χ0) is 23.2. The molecule has 1 aliphatic rings. The molecule has 0 radical (unpaired) electrons. The smallest absolute Gasteiger partial charge is 0.410 e. The van der Waals surface area contributed by atoms with Crippen LogP contribution in [-0.4, -0.2) is 52.8 Å². The normalized spacial score (nSPS) is 15.4. The highest BCUT2D eigenvalue weighted by Crippen LogP contribution is 2.17. The summed E-state index contributed by atoms with van der Waals surface area (Å²) in [6, 6.07) is 14.5. The van der Waals surface area contributed by atoms with E-state index in [0.717, 1.165) is 10.0 Å². The Bertz CT molecular complexity index is 1150. The number of amides is 1.